The molecule has 5 heteroatoms. The molecule has 0 saturated carbocycles. The molecule has 0 aromatic heterocycles. The van der Waals surface area contributed by atoms with Crippen molar-refractivity contribution in [1.29, 1.82) is 0 Å². The second kappa shape index (κ2) is 4.53. The Morgan fingerprint density at radius 1 is 1.29 bits per heavy atom. The maximum absolute atomic E-state index is 13.2. The Kier molecular flexibility index (Phi) is 3.83. The molecule has 1 aliphatic rings. The highest BCUT2D eigenvalue weighted by Crippen LogP contribution is 2.27. The van der Waals surface area contributed by atoms with Crippen molar-refractivity contribution in [3.8, 4) is 0 Å². The minimum absolute atomic E-state index is 0.0406. The van der Waals surface area contributed by atoms with E-state index in [2.05, 4.69) is 0 Å². The van der Waals surface area contributed by atoms with Gasteiger partial charge in [-0.05, 0) is 5.92 Å². The molecule has 0 aromatic rings. The van der Waals surface area contributed by atoms with E-state index in [1.807, 2.05) is 0 Å². The van der Waals surface area contributed by atoms with E-state index in [1.165, 1.54) is 0 Å². The summed E-state index contributed by atoms with van der Waals surface area (Å²) in [5.41, 5.74) is 0. The normalized spacial score (nSPS) is 44.4. The van der Waals surface area contributed by atoms with Gasteiger partial charge in [0.05, 0.1) is 12.7 Å². The van der Waals surface area contributed by atoms with E-state index in [9.17, 15) is 14.6 Å². The number of halogens is 1. The summed E-state index contributed by atoms with van der Waals surface area (Å²) < 4.78 is 18.4. The lowest BCUT2D eigenvalue weighted by Crippen LogP contribution is -2.58. The highest BCUT2D eigenvalue weighted by Gasteiger charge is 2.45. The maximum Gasteiger partial charge on any atom is 0.157 e. The van der Waals surface area contributed by atoms with Crippen LogP contribution in [0.1, 0.15) is 13.8 Å². The van der Waals surface area contributed by atoms with Crippen LogP contribution in [-0.2, 0) is 4.74 Å². The zero-order valence-corrected chi connectivity index (χ0v) is 8.30. The van der Waals surface area contributed by atoms with Crippen molar-refractivity contribution in [2.45, 2.75) is 44.4 Å². The molecule has 4 nitrogen and oxygen atoms in total. The van der Waals surface area contributed by atoms with Gasteiger partial charge in [-0.3, -0.25) is 0 Å². The average Bonchev–Trinajstić information content (AvgIpc) is 2.14. The van der Waals surface area contributed by atoms with E-state index in [-0.39, 0.29) is 5.92 Å². The standard InChI is InChI=1S/C9H17FO4/c1-4(2)9-8(13)7(12)6(10)5(3-11)14-9/h4-9,11-13H,3H2,1-2H3/t5-,6-,7+,8-,9?/m1/s1. The lowest BCUT2D eigenvalue weighted by atomic mass is 9.90. The molecule has 1 rings (SSSR count). The summed E-state index contributed by atoms with van der Waals surface area (Å²) in [6.07, 6.45) is -6.11. The number of rotatable bonds is 2. The molecular formula is C9H17FO4. The summed E-state index contributed by atoms with van der Waals surface area (Å²) in [5, 5.41) is 27.7. The number of hydrogen-bond donors (Lipinski definition) is 3. The molecule has 0 bridgehead atoms. The molecule has 0 amide bonds. The monoisotopic (exact) mass is 208 g/mol. The summed E-state index contributed by atoms with van der Waals surface area (Å²) in [5.74, 6) is -0.0406. The van der Waals surface area contributed by atoms with Crippen LogP contribution in [0.5, 0.6) is 0 Å². The van der Waals surface area contributed by atoms with Gasteiger partial charge in [0.25, 0.3) is 0 Å². The number of alkyl halides is 1. The van der Waals surface area contributed by atoms with Crippen molar-refractivity contribution in [1.82, 2.24) is 0 Å². The molecule has 0 radical (unpaired) electrons. The van der Waals surface area contributed by atoms with E-state index >= 15 is 0 Å². The molecule has 0 aromatic carbocycles. The van der Waals surface area contributed by atoms with Crippen molar-refractivity contribution in [3.63, 3.8) is 0 Å². The number of aliphatic hydroxyl groups excluding tert-OH is 3. The molecule has 1 aliphatic heterocycles. The average molecular weight is 208 g/mol. The second-order valence-corrected chi connectivity index (χ2v) is 3.99. The molecule has 14 heavy (non-hydrogen) atoms. The van der Waals surface area contributed by atoms with E-state index in [0.717, 1.165) is 0 Å². The summed E-state index contributed by atoms with van der Waals surface area (Å²) in [7, 11) is 0. The van der Waals surface area contributed by atoms with Crippen LogP contribution < -0.4 is 0 Å². The van der Waals surface area contributed by atoms with E-state index in [1.54, 1.807) is 13.8 Å². The van der Waals surface area contributed by atoms with Crippen molar-refractivity contribution >= 4 is 0 Å². The highest BCUT2D eigenvalue weighted by molar-refractivity contribution is 4.93. The van der Waals surface area contributed by atoms with Gasteiger partial charge >= 0.3 is 0 Å². The summed E-state index contributed by atoms with van der Waals surface area (Å²) in [6.45, 7) is 3.11. The van der Waals surface area contributed by atoms with Gasteiger partial charge in [-0.1, -0.05) is 13.8 Å². The predicted octanol–water partition coefficient (Wildman–Crippen LogP) is -0.538. The van der Waals surface area contributed by atoms with Gasteiger partial charge in [-0.15, -0.1) is 0 Å². The van der Waals surface area contributed by atoms with E-state index < -0.39 is 37.2 Å². The largest absolute Gasteiger partial charge is 0.394 e. The zero-order valence-electron chi connectivity index (χ0n) is 8.30. The van der Waals surface area contributed by atoms with Gasteiger partial charge in [-0.2, -0.15) is 0 Å². The van der Waals surface area contributed by atoms with Gasteiger partial charge in [0.2, 0.25) is 0 Å². The third-order valence-corrected chi connectivity index (χ3v) is 2.54. The lowest BCUT2D eigenvalue weighted by molar-refractivity contribution is -0.221. The molecule has 1 unspecified atom stereocenters. The van der Waals surface area contributed by atoms with Crippen LogP contribution in [0.25, 0.3) is 0 Å². The number of aliphatic hydroxyl groups is 3. The molecule has 1 saturated heterocycles. The Bertz CT molecular complexity index is 186. The van der Waals surface area contributed by atoms with Crippen LogP contribution in [0.3, 0.4) is 0 Å². The van der Waals surface area contributed by atoms with Crippen LogP contribution in [-0.4, -0.2) is 52.5 Å². The van der Waals surface area contributed by atoms with Crippen LogP contribution >= 0.6 is 0 Å². The fraction of sp³-hybridized carbons (Fsp3) is 1.00. The number of ether oxygens (including phenoxy) is 1. The zero-order chi connectivity index (χ0) is 10.9. The molecule has 0 spiro atoms. The van der Waals surface area contributed by atoms with Gasteiger partial charge in [0, 0.05) is 0 Å². The smallest absolute Gasteiger partial charge is 0.157 e. The second-order valence-electron chi connectivity index (χ2n) is 3.99. The van der Waals surface area contributed by atoms with Gasteiger partial charge in [0.1, 0.15) is 18.3 Å². The topological polar surface area (TPSA) is 69.9 Å². The molecular weight excluding hydrogens is 191 g/mol. The minimum atomic E-state index is -1.73. The first-order chi connectivity index (χ1) is 6.49. The Morgan fingerprint density at radius 2 is 1.86 bits per heavy atom. The van der Waals surface area contributed by atoms with E-state index in [0.29, 0.717) is 0 Å². The summed E-state index contributed by atoms with van der Waals surface area (Å²) in [4.78, 5) is 0. The van der Waals surface area contributed by atoms with Gasteiger partial charge in [-0.25, -0.2) is 4.39 Å². The van der Waals surface area contributed by atoms with Gasteiger partial charge < -0.3 is 20.1 Å². The molecule has 84 valence electrons. The summed E-state index contributed by atoms with van der Waals surface area (Å²) >= 11 is 0. The Morgan fingerprint density at radius 3 is 2.29 bits per heavy atom. The minimum Gasteiger partial charge on any atom is -0.394 e. The molecule has 3 N–H and O–H groups in total. The molecule has 1 fully saturated rings. The summed E-state index contributed by atoms with van der Waals surface area (Å²) in [6, 6.07) is 0. The van der Waals surface area contributed by atoms with E-state index in [4.69, 9.17) is 9.84 Å². The first-order valence-corrected chi connectivity index (χ1v) is 4.75. The Hall–Kier alpha value is -0.230. The first kappa shape index (κ1) is 11.8. The first-order valence-electron chi connectivity index (χ1n) is 4.75. The van der Waals surface area contributed by atoms with Crippen LogP contribution in [0.2, 0.25) is 0 Å². The number of hydrogen-bond acceptors (Lipinski definition) is 4. The maximum atomic E-state index is 13.2. The molecule has 5 atom stereocenters. The fourth-order valence-electron chi connectivity index (χ4n) is 1.66. The Balaban J connectivity index is 2.73. The predicted molar refractivity (Wildman–Crippen MR) is 47.5 cm³/mol. The lowest BCUT2D eigenvalue weighted by Gasteiger charge is -2.40. The van der Waals surface area contributed by atoms with Crippen LogP contribution in [0, 0.1) is 5.92 Å². The third-order valence-electron chi connectivity index (χ3n) is 2.54. The van der Waals surface area contributed by atoms with Gasteiger partial charge in [0.15, 0.2) is 6.17 Å². The third kappa shape index (κ3) is 2.06. The SMILES string of the molecule is CC(C)C1O[C@H](CO)[C@@H](F)[C@H](O)[C@H]1O. The Labute approximate surface area is 82.3 Å². The molecule has 0 aliphatic carbocycles. The molecule has 1 heterocycles. The highest BCUT2D eigenvalue weighted by atomic mass is 19.1. The quantitative estimate of drug-likeness (QED) is 0.570. The van der Waals surface area contributed by atoms with Crippen LogP contribution in [0.4, 0.5) is 4.39 Å². The van der Waals surface area contributed by atoms with Crippen molar-refractivity contribution in [2.75, 3.05) is 6.61 Å². The van der Waals surface area contributed by atoms with Crippen molar-refractivity contribution in [3.05, 3.63) is 0 Å². The fourth-order valence-corrected chi connectivity index (χ4v) is 1.66. The van der Waals surface area contributed by atoms with Crippen LogP contribution in [0.15, 0.2) is 0 Å². The van der Waals surface area contributed by atoms with Crippen molar-refractivity contribution in [2.24, 2.45) is 5.92 Å². The van der Waals surface area contributed by atoms with Crippen molar-refractivity contribution < 1.29 is 24.4 Å².